The SMILES string of the molecule is CCCNC(=O)CN(C)CC(=O)c1ccc(OC)c(Cl)c1. The van der Waals surface area contributed by atoms with Crippen LogP contribution >= 0.6 is 11.6 Å². The monoisotopic (exact) mass is 312 g/mol. The lowest BCUT2D eigenvalue weighted by Gasteiger charge is -2.15. The molecule has 1 rings (SSSR count). The number of ketones is 1. The summed E-state index contributed by atoms with van der Waals surface area (Å²) in [6.45, 7) is 2.98. The van der Waals surface area contributed by atoms with E-state index in [9.17, 15) is 9.59 Å². The molecule has 0 aliphatic rings. The number of Topliss-reactive ketones (excluding diaryl/α,β-unsaturated/α-hetero) is 1. The van der Waals surface area contributed by atoms with Crippen LogP contribution in [0.15, 0.2) is 18.2 Å². The van der Waals surface area contributed by atoms with Crippen molar-refractivity contribution < 1.29 is 14.3 Å². The van der Waals surface area contributed by atoms with E-state index in [0.717, 1.165) is 6.42 Å². The first-order valence-corrected chi connectivity index (χ1v) is 7.17. The number of ether oxygens (including phenoxy) is 1. The van der Waals surface area contributed by atoms with Crippen molar-refractivity contribution >= 4 is 23.3 Å². The highest BCUT2D eigenvalue weighted by atomic mass is 35.5. The molecule has 0 heterocycles. The van der Waals surface area contributed by atoms with Crippen LogP contribution < -0.4 is 10.1 Å². The second kappa shape index (κ2) is 8.64. The second-order valence-electron chi connectivity index (χ2n) is 4.79. The zero-order valence-corrected chi connectivity index (χ0v) is 13.4. The Bertz CT molecular complexity index is 506. The predicted octanol–water partition coefficient (Wildman–Crippen LogP) is 1.99. The third kappa shape index (κ3) is 5.73. The number of halogens is 1. The van der Waals surface area contributed by atoms with Gasteiger partial charge < -0.3 is 10.1 Å². The number of rotatable bonds is 8. The van der Waals surface area contributed by atoms with Gasteiger partial charge in [-0.25, -0.2) is 0 Å². The van der Waals surface area contributed by atoms with E-state index in [4.69, 9.17) is 16.3 Å². The van der Waals surface area contributed by atoms with Gasteiger partial charge in [0.05, 0.1) is 25.2 Å². The summed E-state index contributed by atoms with van der Waals surface area (Å²) in [6.07, 6.45) is 0.888. The molecule has 0 aliphatic heterocycles. The van der Waals surface area contributed by atoms with Crippen LogP contribution in [0.3, 0.4) is 0 Å². The van der Waals surface area contributed by atoms with Crippen molar-refractivity contribution in [2.24, 2.45) is 0 Å². The number of hydrogen-bond donors (Lipinski definition) is 1. The van der Waals surface area contributed by atoms with Gasteiger partial charge in [0.2, 0.25) is 5.91 Å². The Morgan fingerprint density at radius 2 is 2.05 bits per heavy atom. The largest absolute Gasteiger partial charge is 0.495 e. The molecule has 0 aromatic heterocycles. The van der Waals surface area contributed by atoms with Crippen molar-refractivity contribution in [3.63, 3.8) is 0 Å². The predicted molar refractivity (Wildman–Crippen MR) is 83.1 cm³/mol. The standard InChI is InChI=1S/C15H21ClN2O3/c1-4-7-17-15(20)10-18(2)9-13(19)11-5-6-14(21-3)12(16)8-11/h5-6,8H,4,7,9-10H2,1-3H3,(H,17,20). The molecule has 1 aromatic rings. The summed E-state index contributed by atoms with van der Waals surface area (Å²) in [6, 6.07) is 4.90. The summed E-state index contributed by atoms with van der Waals surface area (Å²) >= 11 is 6.00. The fourth-order valence-corrected chi connectivity index (χ4v) is 2.06. The first-order valence-electron chi connectivity index (χ1n) is 6.80. The Kier molecular flexibility index (Phi) is 7.19. The van der Waals surface area contributed by atoms with Crippen LogP contribution in [0.4, 0.5) is 0 Å². The van der Waals surface area contributed by atoms with E-state index >= 15 is 0 Å². The van der Waals surface area contributed by atoms with Gasteiger partial charge in [-0.15, -0.1) is 0 Å². The Morgan fingerprint density at radius 3 is 2.62 bits per heavy atom. The Hall–Kier alpha value is -1.59. The van der Waals surface area contributed by atoms with Gasteiger partial charge in [-0.2, -0.15) is 0 Å². The third-order valence-electron chi connectivity index (χ3n) is 2.87. The summed E-state index contributed by atoms with van der Waals surface area (Å²) < 4.78 is 5.04. The van der Waals surface area contributed by atoms with E-state index in [1.54, 1.807) is 30.1 Å². The minimum atomic E-state index is -0.0923. The number of amides is 1. The molecule has 6 heteroatoms. The zero-order chi connectivity index (χ0) is 15.8. The highest BCUT2D eigenvalue weighted by Gasteiger charge is 2.13. The molecule has 0 aliphatic carbocycles. The smallest absolute Gasteiger partial charge is 0.234 e. The number of likely N-dealkylation sites (N-methyl/N-ethyl adjacent to an activating group) is 1. The van der Waals surface area contributed by atoms with E-state index in [0.29, 0.717) is 22.9 Å². The van der Waals surface area contributed by atoms with Crippen molar-refractivity contribution in [1.29, 1.82) is 0 Å². The van der Waals surface area contributed by atoms with E-state index < -0.39 is 0 Å². The van der Waals surface area contributed by atoms with Crippen LogP contribution in [0.1, 0.15) is 23.7 Å². The molecule has 0 spiro atoms. The minimum absolute atomic E-state index is 0.0834. The molecular formula is C15H21ClN2O3. The van der Waals surface area contributed by atoms with E-state index in [2.05, 4.69) is 5.32 Å². The molecule has 5 nitrogen and oxygen atoms in total. The summed E-state index contributed by atoms with van der Waals surface area (Å²) in [4.78, 5) is 25.4. The van der Waals surface area contributed by atoms with Crippen LogP contribution in [-0.4, -0.2) is 50.4 Å². The number of hydrogen-bond acceptors (Lipinski definition) is 4. The Morgan fingerprint density at radius 1 is 1.33 bits per heavy atom. The molecule has 0 fully saturated rings. The molecule has 0 saturated heterocycles. The van der Waals surface area contributed by atoms with E-state index in [1.807, 2.05) is 6.92 Å². The van der Waals surface area contributed by atoms with Gasteiger partial charge in [-0.1, -0.05) is 18.5 Å². The van der Waals surface area contributed by atoms with Gasteiger partial charge in [0.1, 0.15) is 5.75 Å². The number of methoxy groups -OCH3 is 1. The number of nitrogens with zero attached hydrogens (tertiary/aromatic N) is 1. The van der Waals surface area contributed by atoms with Gasteiger partial charge in [0.25, 0.3) is 0 Å². The fraction of sp³-hybridized carbons (Fsp3) is 0.467. The van der Waals surface area contributed by atoms with Gasteiger partial charge >= 0.3 is 0 Å². The number of nitrogens with one attached hydrogen (secondary N) is 1. The van der Waals surface area contributed by atoms with Crippen molar-refractivity contribution in [2.45, 2.75) is 13.3 Å². The summed E-state index contributed by atoms with van der Waals surface area (Å²) in [7, 11) is 3.25. The van der Waals surface area contributed by atoms with Crippen molar-refractivity contribution in [1.82, 2.24) is 10.2 Å². The number of benzene rings is 1. The molecule has 0 unspecified atom stereocenters. The molecule has 1 aromatic carbocycles. The molecule has 0 bridgehead atoms. The molecule has 21 heavy (non-hydrogen) atoms. The third-order valence-corrected chi connectivity index (χ3v) is 3.17. The number of carbonyl (C=O) groups is 2. The highest BCUT2D eigenvalue weighted by Crippen LogP contribution is 2.25. The summed E-state index contributed by atoms with van der Waals surface area (Å²) in [5.74, 6) is 0.353. The van der Waals surface area contributed by atoms with Crippen LogP contribution in [0, 0.1) is 0 Å². The average molecular weight is 313 g/mol. The minimum Gasteiger partial charge on any atom is -0.495 e. The molecule has 0 atom stereocenters. The van der Waals surface area contributed by atoms with Gasteiger partial charge in [0, 0.05) is 12.1 Å². The molecule has 1 amide bonds. The number of carbonyl (C=O) groups excluding carboxylic acids is 2. The fourth-order valence-electron chi connectivity index (χ4n) is 1.80. The van der Waals surface area contributed by atoms with Gasteiger partial charge in [-0.05, 0) is 31.7 Å². The first-order chi connectivity index (χ1) is 9.97. The quantitative estimate of drug-likeness (QED) is 0.746. The van der Waals surface area contributed by atoms with Crippen molar-refractivity contribution in [3.05, 3.63) is 28.8 Å². The molecule has 116 valence electrons. The van der Waals surface area contributed by atoms with Crippen molar-refractivity contribution in [2.75, 3.05) is 33.8 Å². The maximum absolute atomic E-state index is 12.1. The van der Waals surface area contributed by atoms with Gasteiger partial charge in [0.15, 0.2) is 5.78 Å². The average Bonchev–Trinajstić information content (AvgIpc) is 2.44. The first kappa shape index (κ1) is 17.5. The lowest BCUT2D eigenvalue weighted by molar-refractivity contribution is -0.121. The summed E-state index contributed by atoms with van der Waals surface area (Å²) in [5, 5.41) is 3.17. The van der Waals surface area contributed by atoms with Gasteiger partial charge in [-0.3, -0.25) is 14.5 Å². The van der Waals surface area contributed by atoms with E-state index in [-0.39, 0.29) is 24.8 Å². The second-order valence-corrected chi connectivity index (χ2v) is 5.20. The molecular weight excluding hydrogens is 292 g/mol. The molecule has 0 radical (unpaired) electrons. The normalized spacial score (nSPS) is 10.5. The van der Waals surface area contributed by atoms with E-state index in [1.165, 1.54) is 7.11 Å². The zero-order valence-electron chi connectivity index (χ0n) is 12.6. The maximum Gasteiger partial charge on any atom is 0.234 e. The summed E-state index contributed by atoms with van der Waals surface area (Å²) in [5.41, 5.74) is 0.501. The van der Waals surface area contributed by atoms with Crippen LogP contribution in [0.2, 0.25) is 5.02 Å². The maximum atomic E-state index is 12.1. The lowest BCUT2D eigenvalue weighted by Crippen LogP contribution is -2.37. The van der Waals surface area contributed by atoms with Crippen LogP contribution in [0.5, 0.6) is 5.75 Å². The lowest BCUT2D eigenvalue weighted by atomic mass is 10.1. The highest BCUT2D eigenvalue weighted by molar-refractivity contribution is 6.32. The molecule has 0 saturated carbocycles. The topological polar surface area (TPSA) is 58.6 Å². The Labute approximate surface area is 130 Å². The molecule has 1 N–H and O–H groups in total. The van der Waals surface area contributed by atoms with Crippen LogP contribution in [-0.2, 0) is 4.79 Å². The Balaban J connectivity index is 2.56. The van der Waals surface area contributed by atoms with Crippen molar-refractivity contribution in [3.8, 4) is 5.75 Å². The van der Waals surface area contributed by atoms with Crippen LogP contribution in [0.25, 0.3) is 0 Å².